The maximum atomic E-state index is 11.8. The van der Waals surface area contributed by atoms with Gasteiger partial charge < -0.3 is 10.6 Å². The van der Waals surface area contributed by atoms with Crippen LogP contribution in [0.3, 0.4) is 0 Å². The van der Waals surface area contributed by atoms with E-state index in [9.17, 15) is 4.79 Å². The van der Waals surface area contributed by atoms with E-state index in [-0.39, 0.29) is 11.3 Å². The average Bonchev–Trinajstić information content (AvgIpc) is 2.15. The van der Waals surface area contributed by atoms with Crippen LogP contribution in [0.5, 0.6) is 0 Å². The first-order chi connectivity index (χ1) is 7.90. The lowest BCUT2D eigenvalue weighted by molar-refractivity contribution is -0.117. The smallest absolute Gasteiger partial charge is 0.224 e. The van der Waals surface area contributed by atoms with Gasteiger partial charge in [0.2, 0.25) is 5.91 Å². The van der Waals surface area contributed by atoms with Crippen molar-refractivity contribution < 1.29 is 4.79 Å². The van der Waals surface area contributed by atoms with Crippen LogP contribution in [0, 0.1) is 5.41 Å². The molecule has 1 aromatic carbocycles. The highest BCUT2D eigenvalue weighted by Crippen LogP contribution is 2.19. The highest BCUT2D eigenvalue weighted by molar-refractivity contribution is 5.91. The van der Waals surface area contributed by atoms with Crippen molar-refractivity contribution in [2.24, 2.45) is 5.41 Å². The van der Waals surface area contributed by atoms with Crippen molar-refractivity contribution in [3.8, 4) is 0 Å². The molecule has 1 rings (SSSR count). The number of rotatable bonds is 4. The molecule has 2 N–H and O–H groups in total. The highest BCUT2D eigenvalue weighted by Gasteiger charge is 2.15. The van der Waals surface area contributed by atoms with Gasteiger partial charge in [-0.25, -0.2) is 0 Å². The zero-order chi connectivity index (χ0) is 12.9. The Labute approximate surface area is 104 Å². The van der Waals surface area contributed by atoms with Gasteiger partial charge in [0.05, 0.1) is 0 Å². The molecule has 0 saturated carbocycles. The quantitative estimate of drug-likeness (QED) is 0.841. The largest absolute Gasteiger partial charge is 0.326 e. The summed E-state index contributed by atoms with van der Waals surface area (Å²) in [6, 6.07) is 7.91. The van der Waals surface area contributed by atoms with Crippen molar-refractivity contribution in [1.29, 1.82) is 0 Å². The molecule has 0 unspecified atom stereocenters. The molecule has 17 heavy (non-hydrogen) atoms. The monoisotopic (exact) mass is 234 g/mol. The van der Waals surface area contributed by atoms with Crippen LogP contribution >= 0.6 is 0 Å². The first-order valence-electron chi connectivity index (χ1n) is 5.94. The lowest BCUT2D eigenvalue weighted by Gasteiger charge is -2.17. The zero-order valence-electron chi connectivity index (χ0n) is 11.1. The number of carbonyl (C=O) groups excluding carboxylic acids is 1. The van der Waals surface area contributed by atoms with E-state index in [4.69, 9.17) is 0 Å². The van der Waals surface area contributed by atoms with E-state index in [0.29, 0.717) is 6.42 Å². The molecule has 0 radical (unpaired) electrons. The maximum absolute atomic E-state index is 11.8. The van der Waals surface area contributed by atoms with Gasteiger partial charge >= 0.3 is 0 Å². The summed E-state index contributed by atoms with van der Waals surface area (Å²) in [6.45, 7) is 6.99. The van der Waals surface area contributed by atoms with E-state index in [1.165, 1.54) is 5.56 Å². The van der Waals surface area contributed by atoms with E-state index >= 15 is 0 Å². The summed E-state index contributed by atoms with van der Waals surface area (Å²) in [7, 11) is 1.91. The second kappa shape index (κ2) is 5.82. The lowest BCUT2D eigenvalue weighted by Crippen LogP contribution is -2.19. The molecule has 0 heterocycles. The maximum Gasteiger partial charge on any atom is 0.224 e. The molecule has 1 aromatic rings. The Morgan fingerprint density at radius 1 is 1.29 bits per heavy atom. The first-order valence-corrected chi connectivity index (χ1v) is 5.94. The van der Waals surface area contributed by atoms with Crippen LogP contribution in [0.15, 0.2) is 24.3 Å². The topological polar surface area (TPSA) is 41.1 Å². The van der Waals surface area contributed by atoms with Gasteiger partial charge in [0, 0.05) is 18.7 Å². The molecular formula is C14H22N2O. The van der Waals surface area contributed by atoms with Crippen LogP contribution in [0.1, 0.15) is 32.8 Å². The first kappa shape index (κ1) is 13.7. The molecule has 0 fully saturated rings. The SMILES string of the molecule is CNCc1cccc(NC(=O)CC(C)(C)C)c1. The standard InChI is InChI=1S/C14H22N2O/c1-14(2,3)9-13(17)16-12-7-5-6-11(8-12)10-15-4/h5-8,15H,9-10H2,1-4H3,(H,16,17). The van der Waals surface area contributed by atoms with Crippen LogP contribution in [0.2, 0.25) is 0 Å². The van der Waals surface area contributed by atoms with E-state index in [2.05, 4.69) is 31.4 Å². The Bertz CT molecular complexity index is 380. The molecule has 0 aromatic heterocycles. The van der Waals surface area contributed by atoms with Gasteiger partial charge in [0.1, 0.15) is 0 Å². The van der Waals surface area contributed by atoms with Crippen LogP contribution in [-0.4, -0.2) is 13.0 Å². The summed E-state index contributed by atoms with van der Waals surface area (Å²) in [5, 5.41) is 6.02. The van der Waals surface area contributed by atoms with Crippen molar-refractivity contribution in [1.82, 2.24) is 5.32 Å². The Kier molecular flexibility index (Phi) is 4.70. The molecule has 0 aliphatic carbocycles. The number of benzene rings is 1. The second-order valence-electron chi connectivity index (χ2n) is 5.52. The van der Waals surface area contributed by atoms with Crippen molar-refractivity contribution >= 4 is 11.6 Å². The predicted octanol–water partition coefficient (Wildman–Crippen LogP) is 2.78. The molecule has 3 heteroatoms. The molecule has 0 aliphatic heterocycles. The molecular weight excluding hydrogens is 212 g/mol. The van der Waals surface area contributed by atoms with Crippen LogP contribution in [0.4, 0.5) is 5.69 Å². The van der Waals surface area contributed by atoms with E-state index in [0.717, 1.165) is 12.2 Å². The summed E-state index contributed by atoms with van der Waals surface area (Å²) in [6.07, 6.45) is 0.531. The molecule has 94 valence electrons. The van der Waals surface area contributed by atoms with Crippen LogP contribution < -0.4 is 10.6 Å². The van der Waals surface area contributed by atoms with Crippen molar-refractivity contribution in [2.45, 2.75) is 33.7 Å². The minimum atomic E-state index is 0.0205. The van der Waals surface area contributed by atoms with E-state index in [1.807, 2.05) is 31.3 Å². The Balaban J connectivity index is 2.62. The highest BCUT2D eigenvalue weighted by atomic mass is 16.1. The fraction of sp³-hybridized carbons (Fsp3) is 0.500. The Morgan fingerprint density at radius 3 is 2.59 bits per heavy atom. The van der Waals surface area contributed by atoms with Gasteiger partial charge in [-0.3, -0.25) is 4.79 Å². The normalized spacial score (nSPS) is 11.3. The molecule has 0 aliphatic rings. The van der Waals surface area contributed by atoms with Gasteiger partial charge in [-0.15, -0.1) is 0 Å². The fourth-order valence-corrected chi connectivity index (χ4v) is 1.65. The van der Waals surface area contributed by atoms with Crippen LogP contribution in [0.25, 0.3) is 0 Å². The fourth-order valence-electron chi connectivity index (χ4n) is 1.65. The van der Waals surface area contributed by atoms with E-state index in [1.54, 1.807) is 0 Å². The summed E-state index contributed by atoms with van der Waals surface area (Å²) in [5.41, 5.74) is 2.06. The lowest BCUT2D eigenvalue weighted by atomic mass is 9.92. The van der Waals surface area contributed by atoms with Gasteiger partial charge in [-0.05, 0) is 30.2 Å². The second-order valence-corrected chi connectivity index (χ2v) is 5.52. The van der Waals surface area contributed by atoms with Crippen molar-refractivity contribution in [3.05, 3.63) is 29.8 Å². The van der Waals surface area contributed by atoms with Gasteiger partial charge in [0.25, 0.3) is 0 Å². The number of carbonyl (C=O) groups is 1. The number of nitrogens with one attached hydrogen (secondary N) is 2. The number of anilines is 1. The number of hydrogen-bond acceptors (Lipinski definition) is 2. The minimum absolute atomic E-state index is 0.0205. The summed E-state index contributed by atoms with van der Waals surface area (Å²) >= 11 is 0. The zero-order valence-corrected chi connectivity index (χ0v) is 11.1. The average molecular weight is 234 g/mol. The summed E-state index contributed by atoms with van der Waals surface area (Å²) < 4.78 is 0. The number of amides is 1. The summed E-state index contributed by atoms with van der Waals surface area (Å²) in [5.74, 6) is 0.0686. The molecule has 0 atom stereocenters. The molecule has 0 saturated heterocycles. The molecule has 3 nitrogen and oxygen atoms in total. The van der Waals surface area contributed by atoms with Gasteiger partial charge in [0.15, 0.2) is 0 Å². The third kappa shape index (κ3) is 5.50. The van der Waals surface area contributed by atoms with Crippen LogP contribution in [-0.2, 0) is 11.3 Å². The third-order valence-corrected chi connectivity index (χ3v) is 2.28. The molecule has 0 bridgehead atoms. The van der Waals surface area contributed by atoms with Crippen molar-refractivity contribution in [2.75, 3.05) is 12.4 Å². The van der Waals surface area contributed by atoms with E-state index < -0.39 is 0 Å². The third-order valence-electron chi connectivity index (χ3n) is 2.28. The van der Waals surface area contributed by atoms with Gasteiger partial charge in [-0.2, -0.15) is 0 Å². The minimum Gasteiger partial charge on any atom is -0.326 e. The summed E-state index contributed by atoms with van der Waals surface area (Å²) in [4.78, 5) is 11.8. The molecule has 0 spiro atoms. The molecule has 1 amide bonds. The Morgan fingerprint density at radius 2 is 2.00 bits per heavy atom. The Hall–Kier alpha value is -1.35. The number of hydrogen-bond donors (Lipinski definition) is 2. The van der Waals surface area contributed by atoms with Gasteiger partial charge in [-0.1, -0.05) is 32.9 Å². The predicted molar refractivity (Wildman–Crippen MR) is 71.9 cm³/mol. The van der Waals surface area contributed by atoms with Crippen molar-refractivity contribution in [3.63, 3.8) is 0 Å².